The van der Waals surface area contributed by atoms with Crippen molar-refractivity contribution in [2.45, 2.75) is 155 Å². The Bertz CT molecular complexity index is 3090. The van der Waals surface area contributed by atoms with Gasteiger partial charge in [-0.1, -0.05) is 62.6 Å². The summed E-state index contributed by atoms with van der Waals surface area (Å²) in [6.07, 6.45) is 8.30. The summed E-state index contributed by atoms with van der Waals surface area (Å²) in [7, 11) is 2.98. The number of Topliss-reactive ketones (excluding diaryl/α,β-unsaturated/α-hetero) is 2. The molecule has 0 spiro atoms. The maximum Gasteiger partial charge on any atom is 0.416 e. The van der Waals surface area contributed by atoms with Crippen LogP contribution >= 0.6 is 11.8 Å². The van der Waals surface area contributed by atoms with Gasteiger partial charge in [-0.2, -0.15) is 0 Å². The van der Waals surface area contributed by atoms with Gasteiger partial charge in [-0.15, -0.1) is 11.8 Å². The number of carbonyl (C=O) groups excluding carboxylic acids is 8. The molecule has 0 radical (unpaired) electrons. The van der Waals surface area contributed by atoms with E-state index in [0.29, 0.717) is 92.0 Å². The first kappa shape index (κ1) is 62.5. The first-order chi connectivity index (χ1) is 40.3. The van der Waals surface area contributed by atoms with Gasteiger partial charge in [-0.05, 0) is 101 Å². The van der Waals surface area contributed by atoms with Gasteiger partial charge in [0.25, 0.3) is 11.8 Å². The van der Waals surface area contributed by atoms with Crippen LogP contribution in [0, 0.1) is 11.8 Å². The third-order valence-electron chi connectivity index (χ3n) is 15.8. The molecule has 0 saturated carbocycles. The quantitative estimate of drug-likeness (QED) is 0.0509. The first-order valence-electron chi connectivity index (χ1n) is 29.1. The van der Waals surface area contributed by atoms with Gasteiger partial charge in [0.05, 0.1) is 73.3 Å². The lowest BCUT2D eigenvalue weighted by atomic mass is 9.88. The number of rotatable bonds is 28. The van der Waals surface area contributed by atoms with Crippen LogP contribution < -0.4 is 29.2 Å². The van der Waals surface area contributed by atoms with E-state index in [9.17, 15) is 43.5 Å². The molecule has 0 bridgehead atoms. The molecule has 1 fully saturated rings. The number of imide groups is 1. The molecule has 6 amide bonds. The Morgan fingerprint density at radius 1 is 0.762 bits per heavy atom. The van der Waals surface area contributed by atoms with Crippen LogP contribution in [-0.2, 0) is 41.7 Å². The molecular formula is C63H78N6O14S. The highest BCUT2D eigenvalue weighted by atomic mass is 32.2. The molecule has 20 nitrogen and oxygen atoms in total. The van der Waals surface area contributed by atoms with Crippen molar-refractivity contribution in [3.05, 3.63) is 94.3 Å². The van der Waals surface area contributed by atoms with Crippen LogP contribution in [-0.4, -0.2) is 143 Å². The summed E-state index contributed by atoms with van der Waals surface area (Å²) in [6.45, 7) is 11.9. The average Bonchev–Trinajstić information content (AvgIpc) is 4.32. The fourth-order valence-corrected chi connectivity index (χ4v) is 12.0. The van der Waals surface area contributed by atoms with E-state index in [-0.39, 0.29) is 114 Å². The van der Waals surface area contributed by atoms with Gasteiger partial charge >= 0.3 is 6.09 Å². The highest BCUT2D eigenvalue weighted by Crippen LogP contribution is 2.43. The molecule has 0 aromatic heterocycles. The second-order valence-corrected chi connectivity index (χ2v) is 23.9. The number of aliphatic hydroxyl groups excluding tert-OH is 1. The Morgan fingerprint density at radius 2 is 1.39 bits per heavy atom. The van der Waals surface area contributed by atoms with Crippen molar-refractivity contribution in [1.29, 1.82) is 0 Å². The zero-order valence-electron chi connectivity index (χ0n) is 49.3. The molecule has 6 atom stereocenters. The van der Waals surface area contributed by atoms with Crippen LogP contribution in [0.2, 0.25) is 0 Å². The number of thioether (sulfide) groups is 1. The predicted octanol–water partition coefficient (Wildman–Crippen LogP) is 9.05. The highest BCUT2D eigenvalue weighted by Gasteiger charge is 2.45. The monoisotopic (exact) mass is 1170 g/mol. The van der Waals surface area contributed by atoms with Gasteiger partial charge in [0.15, 0.2) is 35.0 Å². The van der Waals surface area contributed by atoms with E-state index in [2.05, 4.69) is 10.3 Å². The number of aliphatic hydroxyl groups is 1. The van der Waals surface area contributed by atoms with Crippen LogP contribution in [0.25, 0.3) is 0 Å². The number of aliphatic imine (C=N–C) groups is 1. The molecule has 5 aliphatic rings. The van der Waals surface area contributed by atoms with Crippen LogP contribution in [0.4, 0.5) is 16.2 Å². The fraction of sp³-hybridized carbons (Fsp3) is 0.508. The van der Waals surface area contributed by atoms with Gasteiger partial charge in [0, 0.05) is 68.9 Å². The summed E-state index contributed by atoms with van der Waals surface area (Å²) in [5.41, 5.74) is 4.32. The SMILES string of the molecule is CCSC1CC(=O)N(CCCCCC(=O)C[C@H](C(=O)N[C@@H](C)C(=O)Cc2ccc(COC(=O)N3c4cc(OCCCCCOc5cc6c(cc5OC)C(=O)N5C=C(C)C[C@H]5C=N6)c(OC)cc4C(=O)N4C=C(C)C[C@H]4[C@@H]3O)cc2)C(C)C)C1=O. The van der Waals surface area contributed by atoms with Crippen molar-refractivity contribution in [2.75, 3.05) is 44.6 Å². The van der Waals surface area contributed by atoms with Gasteiger partial charge in [-0.3, -0.25) is 43.5 Å². The third kappa shape index (κ3) is 14.7. The minimum absolute atomic E-state index is 0.00208. The second kappa shape index (κ2) is 28.4. The number of hydrogen-bond acceptors (Lipinski definition) is 16. The van der Waals surface area contributed by atoms with Crippen LogP contribution in [0.3, 0.4) is 0 Å². The van der Waals surface area contributed by atoms with Crippen molar-refractivity contribution in [1.82, 2.24) is 20.0 Å². The molecule has 5 heterocycles. The predicted molar refractivity (Wildman–Crippen MR) is 317 cm³/mol. The molecule has 450 valence electrons. The Kier molecular flexibility index (Phi) is 21.1. The number of amides is 6. The molecule has 1 saturated heterocycles. The smallest absolute Gasteiger partial charge is 0.416 e. The zero-order valence-corrected chi connectivity index (χ0v) is 50.1. The standard InChI is InChI=1S/C63H78N6O14S/c1-9-84-56-32-57(72)66(62(56)77)21-13-10-12-16-44(70)27-45(37(2)3)58(73)65-40(6)51(71)26-41-17-19-42(20-18-41)36-83-63(78)69-49-31-55(53(80-8)29-47(49)60(75)68-35-39(5)25-50(68)61(69)76)82-23-15-11-14-22-81-54-30-48-46(28-52(54)79-7)59(74)67-34-38(4)24-43(67)33-64-48/h17-20,28-31,33-35,37,40,43,45,50,56,61,76H,9-16,21-27,32,36H2,1-8H3,(H,65,73)/t40-,43-,45-,50-,56?,61-/m0/s1. The Balaban J connectivity index is 0.818. The van der Waals surface area contributed by atoms with E-state index in [1.165, 1.54) is 47.9 Å². The van der Waals surface area contributed by atoms with E-state index in [1.54, 1.807) is 60.6 Å². The molecule has 21 heteroatoms. The number of nitrogens with one attached hydrogen (secondary N) is 1. The lowest BCUT2D eigenvalue weighted by molar-refractivity contribution is -0.138. The molecule has 1 unspecified atom stereocenters. The lowest BCUT2D eigenvalue weighted by Gasteiger charge is -2.31. The number of ether oxygens (including phenoxy) is 5. The minimum Gasteiger partial charge on any atom is -0.493 e. The zero-order chi connectivity index (χ0) is 60.4. The Labute approximate surface area is 495 Å². The van der Waals surface area contributed by atoms with E-state index >= 15 is 0 Å². The van der Waals surface area contributed by atoms with Gasteiger partial charge < -0.3 is 43.9 Å². The van der Waals surface area contributed by atoms with Gasteiger partial charge in [-0.25, -0.2) is 9.69 Å². The number of nitrogens with zero attached hydrogens (tertiary/aromatic N) is 5. The van der Waals surface area contributed by atoms with Crippen molar-refractivity contribution in [3.63, 3.8) is 0 Å². The number of fused-ring (bicyclic) bond motifs is 4. The summed E-state index contributed by atoms with van der Waals surface area (Å²) >= 11 is 1.48. The molecule has 0 aliphatic carbocycles. The number of unbranched alkanes of at least 4 members (excludes halogenated alkanes) is 4. The molecule has 5 aliphatic heterocycles. The number of benzene rings is 3. The van der Waals surface area contributed by atoms with E-state index in [1.807, 2.05) is 40.8 Å². The number of ketones is 2. The number of carbonyl (C=O) groups is 8. The maximum atomic E-state index is 14.2. The molecule has 3 aromatic carbocycles. The van der Waals surface area contributed by atoms with Crippen LogP contribution in [0.1, 0.15) is 144 Å². The Morgan fingerprint density at radius 3 is 2.07 bits per heavy atom. The first-order valence-corrected chi connectivity index (χ1v) is 30.1. The molecule has 2 N–H and O–H groups in total. The number of methoxy groups -OCH3 is 2. The van der Waals surface area contributed by atoms with Gasteiger partial charge in [0.2, 0.25) is 17.7 Å². The van der Waals surface area contributed by atoms with Gasteiger partial charge in [0.1, 0.15) is 12.4 Å². The molecule has 8 rings (SSSR count). The number of hydrogen-bond donors (Lipinski definition) is 2. The van der Waals surface area contributed by atoms with Crippen molar-refractivity contribution >= 4 is 76.5 Å². The minimum atomic E-state index is -1.50. The topological polar surface area (TPSA) is 240 Å². The highest BCUT2D eigenvalue weighted by molar-refractivity contribution is 8.00. The largest absolute Gasteiger partial charge is 0.493 e. The van der Waals surface area contributed by atoms with Crippen molar-refractivity contribution in [2.24, 2.45) is 16.8 Å². The summed E-state index contributed by atoms with van der Waals surface area (Å²) < 4.78 is 29.5. The number of likely N-dealkylation sites (tertiary alicyclic amines) is 1. The maximum absolute atomic E-state index is 14.2. The second-order valence-electron chi connectivity index (χ2n) is 22.5. The molecule has 84 heavy (non-hydrogen) atoms. The molecular weight excluding hydrogens is 1100 g/mol. The summed E-state index contributed by atoms with van der Waals surface area (Å²) in [5, 5.41) is 14.4. The van der Waals surface area contributed by atoms with E-state index in [4.69, 9.17) is 23.7 Å². The van der Waals surface area contributed by atoms with Crippen LogP contribution in [0.15, 0.2) is 77.1 Å². The average molecular weight is 1180 g/mol. The van der Waals surface area contributed by atoms with E-state index < -0.39 is 36.2 Å². The third-order valence-corrected chi connectivity index (χ3v) is 17.0. The summed E-state index contributed by atoms with van der Waals surface area (Å²) in [5.74, 6) is -0.175. The number of anilines is 1. The summed E-state index contributed by atoms with van der Waals surface area (Å²) in [6, 6.07) is 11.5. The van der Waals surface area contributed by atoms with Crippen molar-refractivity contribution in [3.8, 4) is 23.0 Å². The lowest BCUT2D eigenvalue weighted by Crippen LogP contribution is -2.50. The summed E-state index contributed by atoms with van der Waals surface area (Å²) in [4.78, 5) is 117. The van der Waals surface area contributed by atoms with Crippen molar-refractivity contribution < 1.29 is 67.1 Å². The fourth-order valence-electron chi connectivity index (χ4n) is 11.1. The normalized spacial score (nSPS) is 19.6. The molecule has 3 aromatic rings. The van der Waals surface area contributed by atoms with E-state index in [0.717, 1.165) is 28.2 Å². The van der Waals surface area contributed by atoms with Crippen LogP contribution in [0.5, 0.6) is 23.0 Å². The Hall–Kier alpha value is -7.52.